The summed E-state index contributed by atoms with van der Waals surface area (Å²) in [6.45, 7) is 6.84. The van der Waals surface area contributed by atoms with Gasteiger partial charge in [-0.05, 0) is 33.8 Å². The SMILES string of the molecule is CC(C(=O)OC(C)(C)C)c1cc(Cl)ncc1F. The smallest absolute Gasteiger partial charge is 0.313 e. The lowest BCUT2D eigenvalue weighted by atomic mass is 10.0. The van der Waals surface area contributed by atoms with Gasteiger partial charge in [0.1, 0.15) is 16.6 Å². The van der Waals surface area contributed by atoms with Gasteiger partial charge in [0.05, 0.1) is 12.1 Å². The summed E-state index contributed by atoms with van der Waals surface area (Å²) < 4.78 is 18.7. The highest BCUT2D eigenvalue weighted by atomic mass is 35.5. The van der Waals surface area contributed by atoms with Crippen molar-refractivity contribution < 1.29 is 13.9 Å². The first-order chi connectivity index (χ1) is 7.70. The molecular weight excluding hydrogens is 245 g/mol. The van der Waals surface area contributed by atoms with Gasteiger partial charge in [0, 0.05) is 5.56 Å². The van der Waals surface area contributed by atoms with Crippen molar-refractivity contribution in [3.05, 3.63) is 28.8 Å². The summed E-state index contributed by atoms with van der Waals surface area (Å²) in [6, 6.07) is 1.34. The zero-order valence-corrected chi connectivity index (χ0v) is 11.0. The van der Waals surface area contributed by atoms with Crippen LogP contribution in [0.25, 0.3) is 0 Å². The zero-order chi connectivity index (χ0) is 13.2. The first-order valence-corrected chi connectivity index (χ1v) is 5.62. The molecule has 0 radical (unpaired) electrons. The molecule has 17 heavy (non-hydrogen) atoms. The number of ether oxygens (including phenoxy) is 1. The quantitative estimate of drug-likeness (QED) is 0.604. The van der Waals surface area contributed by atoms with E-state index < -0.39 is 23.3 Å². The van der Waals surface area contributed by atoms with Crippen LogP contribution in [-0.4, -0.2) is 16.6 Å². The monoisotopic (exact) mass is 259 g/mol. The average molecular weight is 260 g/mol. The second-order valence-electron chi connectivity index (χ2n) is 4.78. The van der Waals surface area contributed by atoms with E-state index in [2.05, 4.69) is 4.98 Å². The van der Waals surface area contributed by atoms with Gasteiger partial charge in [0.15, 0.2) is 0 Å². The lowest BCUT2D eigenvalue weighted by Crippen LogP contribution is -2.27. The van der Waals surface area contributed by atoms with Crippen molar-refractivity contribution in [3.8, 4) is 0 Å². The van der Waals surface area contributed by atoms with Crippen LogP contribution < -0.4 is 0 Å². The molecule has 1 aromatic rings. The van der Waals surface area contributed by atoms with Crippen molar-refractivity contribution in [3.63, 3.8) is 0 Å². The van der Waals surface area contributed by atoms with Gasteiger partial charge in [-0.15, -0.1) is 0 Å². The molecule has 1 unspecified atom stereocenters. The number of nitrogens with zero attached hydrogens (tertiary/aromatic N) is 1. The average Bonchev–Trinajstić information content (AvgIpc) is 2.18. The van der Waals surface area contributed by atoms with Crippen LogP contribution in [0, 0.1) is 5.82 Å². The van der Waals surface area contributed by atoms with Gasteiger partial charge >= 0.3 is 5.97 Å². The Morgan fingerprint density at radius 1 is 1.53 bits per heavy atom. The second kappa shape index (κ2) is 5.00. The molecule has 0 N–H and O–H groups in total. The van der Waals surface area contributed by atoms with Crippen LogP contribution in [0.1, 0.15) is 39.2 Å². The molecule has 1 aromatic heterocycles. The lowest BCUT2D eigenvalue weighted by molar-refractivity contribution is -0.156. The fourth-order valence-corrected chi connectivity index (χ4v) is 1.44. The molecule has 0 saturated heterocycles. The molecule has 5 heteroatoms. The molecule has 94 valence electrons. The molecule has 0 spiro atoms. The number of aromatic nitrogens is 1. The highest BCUT2D eigenvalue weighted by molar-refractivity contribution is 6.29. The number of pyridine rings is 1. The Hall–Kier alpha value is -1.16. The first-order valence-electron chi connectivity index (χ1n) is 5.24. The van der Waals surface area contributed by atoms with E-state index in [1.54, 1.807) is 27.7 Å². The first kappa shape index (κ1) is 13.9. The third kappa shape index (κ3) is 3.97. The molecule has 0 aliphatic carbocycles. The Bertz CT molecular complexity index is 429. The van der Waals surface area contributed by atoms with Crippen LogP contribution in [0.3, 0.4) is 0 Å². The van der Waals surface area contributed by atoms with Gasteiger partial charge < -0.3 is 4.74 Å². The fourth-order valence-electron chi connectivity index (χ4n) is 1.28. The Balaban J connectivity index is 2.92. The lowest BCUT2D eigenvalue weighted by Gasteiger charge is -2.22. The number of rotatable bonds is 2. The Morgan fingerprint density at radius 2 is 2.12 bits per heavy atom. The minimum Gasteiger partial charge on any atom is -0.460 e. The second-order valence-corrected chi connectivity index (χ2v) is 5.17. The standard InChI is InChI=1S/C12H15ClFNO2/c1-7(11(16)17-12(2,3)4)8-5-10(13)15-6-9(8)14/h5-7H,1-4H3. The van der Waals surface area contributed by atoms with Crippen molar-refractivity contribution in [1.29, 1.82) is 0 Å². The van der Waals surface area contributed by atoms with Crippen molar-refractivity contribution >= 4 is 17.6 Å². The van der Waals surface area contributed by atoms with E-state index in [-0.39, 0.29) is 10.7 Å². The molecule has 1 heterocycles. The molecule has 0 saturated carbocycles. The highest BCUT2D eigenvalue weighted by Gasteiger charge is 2.25. The summed E-state index contributed by atoms with van der Waals surface area (Å²) in [5.41, 5.74) is -0.405. The number of carbonyl (C=O) groups is 1. The molecule has 0 aliphatic heterocycles. The molecule has 0 amide bonds. The van der Waals surface area contributed by atoms with E-state index in [1.807, 2.05) is 0 Å². The van der Waals surface area contributed by atoms with Gasteiger partial charge in [-0.1, -0.05) is 11.6 Å². The van der Waals surface area contributed by atoms with Crippen LogP contribution in [-0.2, 0) is 9.53 Å². The molecule has 0 bridgehead atoms. The van der Waals surface area contributed by atoms with E-state index in [9.17, 15) is 9.18 Å². The van der Waals surface area contributed by atoms with Gasteiger partial charge in [0.25, 0.3) is 0 Å². The predicted molar refractivity (Wildman–Crippen MR) is 63.5 cm³/mol. The van der Waals surface area contributed by atoms with Crippen LogP contribution in [0.2, 0.25) is 5.15 Å². The van der Waals surface area contributed by atoms with Crippen LogP contribution in [0.15, 0.2) is 12.3 Å². The normalized spacial score (nSPS) is 13.3. The molecule has 0 aliphatic rings. The van der Waals surface area contributed by atoms with E-state index in [1.165, 1.54) is 6.07 Å². The molecular formula is C12H15ClFNO2. The van der Waals surface area contributed by atoms with Crippen LogP contribution in [0.4, 0.5) is 4.39 Å². The summed E-state index contributed by atoms with van der Waals surface area (Å²) in [7, 11) is 0. The van der Waals surface area contributed by atoms with Gasteiger partial charge in [-0.2, -0.15) is 0 Å². The molecule has 1 atom stereocenters. The molecule has 1 rings (SSSR count). The highest BCUT2D eigenvalue weighted by Crippen LogP contribution is 2.24. The van der Waals surface area contributed by atoms with Crippen molar-refractivity contribution in [1.82, 2.24) is 4.98 Å². The number of carbonyl (C=O) groups excluding carboxylic acids is 1. The summed E-state index contributed by atoms with van der Waals surface area (Å²) in [5.74, 6) is -1.76. The van der Waals surface area contributed by atoms with Gasteiger partial charge in [-0.25, -0.2) is 9.37 Å². The summed E-state index contributed by atoms with van der Waals surface area (Å²) in [6.07, 6.45) is 0.999. The third-order valence-corrected chi connectivity index (χ3v) is 2.29. The van der Waals surface area contributed by atoms with E-state index in [0.29, 0.717) is 0 Å². The minimum atomic E-state index is -0.713. The minimum absolute atomic E-state index is 0.150. The number of halogens is 2. The fraction of sp³-hybridized carbons (Fsp3) is 0.500. The van der Waals surface area contributed by atoms with Gasteiger partial charge in [0.2, 0.25) is 0 Å². The third-order valence-electron chi connectivity index (χ3n) is 2.08. The molecule has 0 aromatic carbocycles. The molecule has 0 fully saturated rings. The van der Waals surface area contributed by atoms with E-state index in [4.69, 9.17) is 16.3 Å². The van der Waals surface area contributed by atoms with Crippen LogP contribution in [0.5, 0.6) is 0 Å². The number of esters is 1. The van der Waals surface area contributed by atoms with Crippen molar-refractivity contribution in [2.24, 2.45) is 0 Å². The Kier molecular flexibility index (Phi) is 4.09. The van der Waals surface area contributed by atoms with E-state index >= 15 is 0 Å². The molecule has 3 nitrogen and oxygen atoms in total. The van der Waals surface area contributed by atoms with Crippen LogP contribution >= 0.6 is 11.6 Å². The van der Waals surface area contributed by atoms with Crippen molar-refractivity contribution in [2.45, 2.75) is 39.2 Å². The number of hydrogen-bond acceptors (Lipinski definition) is 3. The Labute approximate surface area is 105 Å². The maximum absolute atomic E-state index is 13.5. The summed E-state index contributed by atoms with van der Waals surface area (Å²) in [4.78, 5) is 15.4. The largest absolute Gasteiger partial charge is 0.460 e. The van der Waals surface area contributed by atoms with Crippen molar-refractivity contribution in [2.75, 3.05) is 0 Å². The number of hydrogen-bond donors (Lipinski definition) is 0. The van der Waals surface area contributed by atoms with E-state index in [0.717, 1.165) is 6.20 Å². The maximum atomic E-state index is 13.5. The summed E-state index contributed by atoms with van der Waals surface area (Å²) in [5, 5.41) is 0.150. The van der Waals surface area contributed by atoms with Gasteiger partial charge in [-0.3, -0.25) is 4.79 Å². The predicted octanol–water partition coefficient (Wildman–Crippen LogP) is 3.32. The topological polar surface area (TPSA) is 39.2 Å². The zero-order valence-electron chi connectivity index (χ0n) is 10.3. The Morgan fingerprint density at radius 3 is 2.65 bits per heavy atom. The summed E-state index contributed by atoms with van der Waals surface area (Å²) >= 11 is 5.67. The maximum Gasteiger partial charge on any atom is 0.313 e.